The maximum Gasteiger partial charge on any atom is 0.259 e. The Labute approximate surface area is 177 Å². The number of thiazole rings is 1. The Morgan fingerprint density at radius 3 is 2.76 bits per heavy atom. The molecule has 0 unspecified atom stereocenters. The van der Waals surface area contributed by atoms with Crippen molar-refractivity contribution in [2.24, 2.45) is 0 Å². The Morgan fingerprint density at radius 2 is 2.10 bits per heavy atom. The molecule has 3 heterocycles. The number of nitrogens with zero attached hydrogens (tertiary/aromatic N) is 6. The average Bonchev–Trinajstić information content (AvgIpc) is 3.33. The fraction of sp³-hybridized carbons (Fsp3) is 0.353. The van der Waals surface area contributed by atoms with Crippen molar-refractivity contribution < 1.29 is 12.8 Å². The van der Waals surface area contributed by atoms with Gasteiger partial charge in [0.25, 0.3) is 5.89 Å². The van der Waals surface area contributed by atoms with E-state index in [0.29, 0.717) is 32.4 Å². The molecule has 0 amide bonds. The highest BCUT2D eigenvalue weighted by atomic mass is 35.5. The van der Waals surface area contributed by atoms with E-state index in [4.69, 9.17) is 21.3 Å². The standard InChI is InChI=1S/C17H17ClN6O3S2/c1-11(2)16-22-23-17(27-16)14-9-21-15(28-14)10-24(29(25,26)5-3-4-19)13-6-12(18)7-20-8-13/h6-9,11H,3,5,10H2,1-2H3. The van der Waals surface area contributed by atoms with Gasteiger partial charge in [-0.25, -0.2) is 13.4 Å². The van der Waals surface area contributed by atoms with Crippen LogP contribution < -0.4 is 4.31 Å². The second-order valence-corrected chi connectivity index (χ2v) is 9.88. The number of rotatable bonds is 8. The quantitative estimate of drug-likeness (QED) is 0.507. The first-order valence-corrected chi connectivity index (χ1v) is 11.4. The predicted octanol–water partition coefficient (Wildman–Crippen LogP) is 3.61. The van der Waals surface area contributed by atoms with E-state index < -0.39 is 10.0 Å². The molecule has 3 aromatic rings. The average molecular weight is 453 g/mol. The van der Waals surface area contributed by atoms with Gasteiger partial charge < -0.3 is 4.42 Å². The molecule has 0 fully saturated rings. The first kappa shape index (κ1) is 21.2. The predicted molar refractivity (Wildman–Crippen MR) is 109 cm³/mol. The Hall–Kier alpha value is -2.55. The highest BCUT2D eigenvalue weighted by molar-refractivity contribution is 7.92. The van der Waals surface area contributed by atoms with Gasteiger partial charge in [-0.3, -0.25) is 9.29 Å². The molecule has 0 saturated heterocycles. The number of halogens is 1. The molecule has 9 nitrogen and oxygen atoms in total. The van der Waals surface area contributed by atoms with Crippen molar-refractivity contribution in [3.63, 3.8) is 0 Å². The maximum absolute atomic E-state index is 12.8. The molecular formula is C17H17ClN6O3S2. The molecule has 0 spiro atoms. The lowest BCUT2D eigenvalue weighted by atomic mass is 10.2. The van der Waals surface area contributed by atoms with Crippen molar-refractivity contribution >= 4 is 38.6 Å². The molecule has 0 atom stereocenters. The first-order valence-electron chi connectivity index (χ1n) is 8.56. The highest BCUT2D eigenvalue weighted by Crippen LogP contribution is 2.30. The van der Waals surface area contributed by atoms with Crippen LogP contribution in [-0.2, 0) is 16.6 Å². The molecule has 3 rings (SSSR count). The second kappa shape index (κ2) is 8.86. The van der Waals surface area contributed by atoms with Crippen molar-refractivity contribution in [1.82, 2.24) is 20.2 Å². The van der Waals surface area contributed by atoms with Gasteiger partial charge in [-0.2, -0.15) is 5.26 Å². The van der Waals surface area contributed by atoms with E-state index in [2.05, 4.69) is 20.2 Å². The summed E-state index contributed by atoms with van der Waals surface area (Å²) < 4.78 is 32.4. The van der Waals surface area contributed by atoms with Crippen molar-refractivity contribution in [2.45, 2.75) is 32.7 Å². The van der Waals surface area contributed by atoms with Crippen LogP contribution in [0, 0.1) is 11.3 Å². The van der Waals surface area contributed by atoms with E-state index >= 15 is 0 Å². The first-order chi connectivity index (χ1) is 13.8. The second-order valence-electron chi connectivity index (χ2n) is 6.31. The number of sulfonamides is 1. The van der Waals surface area contributed by atoms with Gasteiger partial charge in [-0.05, 0) is 6.07 Å². The van der Waals surface area contributed by atoms with Crippen LogP contribution in [-0.4, -0.2) is 34.3 Å². The summed E-state index contributed by atoms with van der Waals surface area (Å²) in [6.07, 6.45) is 4.25. The van der Waals surface area contributed by atoms with Gasteiger partial charge >= 0.3 is 0 Å². The number of aromatic nitrogens is 4. The third-order valence-corrected chi connectivity index (χ3v) is 6.67. The van der Waals surface area contributed by atoms with Crippen LogP contribution in [0.5, 0.6) is 0 Å². The molecule has 0 radical (unpaired) electrons. The van der Waals surface area contributed by atoms with Gasteiger partial charge in [-0.1, -0.05) is 25.4 Å². The summed E-state index contributed by atoms with van der Waals surface area (Å²) in [6.45, 7) is 3.85. The summed E-state index contributed by atoms with van der Waals surface area (Å²) in [7, 11) is -3.79. The molecule has 29 heavy (non-hydrogen) atoms. The summed E-state index contributed by atoms with van der Waals surface area (Å²) in [6, 6.07) is 3.35. The smallest absolute Gasteiger partial charge is 0.259 e. The normalized spacial score (nSPS) is 11.6. The number of nitriles is 1. The Bertz CT molecular complexity index is 1140. The molecule has 0 aromatic carbocycles. The van der Waals surface area contributed by atoms with E-state index in [1.54, 1.807) is 6.20 Å². The molecule has 0 saturated carbocycles. The minimum Gasteiger partial charge on any atom is -0.420 e. The van der Waals surface area contributed by atoms with Gasteiger partial charge in [0.1, 0.15) is 9.88 Å². The Kier molecular flexibility index (Phi) is 6.46. The molecule has 0 N–H and O–H groups in total. The number of anilines is 1. The van der Waals surface area contributed by atoms with Gasteiger partial charge in [0, 0.05) is 12.1 Å². The number of pyridine rings is 1. The van der Waals surface area contributed by atoms with Crippen molar-refractivity contribution in [3.05, 3.63) is 40.6 Å². The van der Waals surface area contributed by atoms with Crippen molar-refractivity contribution in [3.8, 4) is 16.8 Å². The molecule has 3 aromatic heterocycles. The summed E-state index contributed by atoms with van der Waals surface area (Å²) in [5, 5.41) is 17.6. The lowest BCUT2D eigenvalue weighted by Gasteiger charge is -2.22. The Balaban J connectivity index is 1.90. The molecular weight excluding hydrogens is 436 g/mol. The fourth-order valence-corrected chi connectivity index (χ4v) is 4.73. The number of hydrogen-bond donors (Lipinski definition) is 0. The van der Waals surface area contributed by atoms with Crippen LogP contribution in [0.25, 0.3) is 10.8 Å². The van der Waals surface area contributed by atoms with Crippen LogP contribution in [0.1, 0.15) is 37.1 Å². The molecule has 12 heteroatoms. The lowest BCUT2D eigenvalue weighted by molar-refractivity contribution is 0.481. The Morgan fingerprint density at radius 1 is 1.31 bits per heavy atom. The number of hydrogen-bond acceptors (Lipinski definition) is 9. The van der Waals surface area contributed by atoms with E-state index in [9.17, 15) is 8.42 Å². The van der Waals surface area contributed by atoms with E-state index in [1.807, 2.05) is 19.9 Å². The van der Waals surface area contributed by atoms with Gasteiger partial charge in [0.2, 0.25) is 15.9 Å². The molecule has 0 aliphatic carbocycles. The minimum absolute atomic E-state index is 0.0361. The zero-order valence-corrected chi connectivity index (χ0v) is 18.0. The van der Waals surface area contributed by atoms with Crippen molar-refractivity contribution in [2.75, 3.05) is 10.1 Å². The molecule has 152 valence electrons. The monoisotopic (exact) mass is 452 g/mol. The van der Waals surface area contributed by atoms with E-state index in [1.165, 1.54) is 29.8 Å². The summed E-state index contributed by atoms with van der Waals surface area (Å²) in [5.41, 5.74) is 0.298. The zero-order chi connectivity index (χ0) is 21.0. The van der Waals surface area contributed by atoms with Crippen LogP contribution in [0.4, 0.5) is 5.69 Å². The third-order valence-electron chi connectivity index (χ3n) is 3.76. The van der Waals surface area contributed by atoms with Crippen LogP contribution in [0.15, 0.2) is 29.1 Å². The van der Waals surface area contributed by atoms with E-state index in [-0.39, 0.29) is 24.6 Å². The van der Waals surface area contributed by atoms with Crippen LogP contribution in [0.3, 0.4) is 0 Å². The lowest BCUT2D eigenvalue weighted by Crippen LogP contribution is -2.32. The van der Waals surface area contributed by atoms with Crippen LogP contribution >= 0.6 is 22.9 Å². The SMILES string of the molecule is CC(C)c1nnc(-c2cnc(CN(c3cncc(Cl)c3)S(=O)(=O)CCC#N)s2)o1. The van der Waals surface area contributed by atoms with Gasteiger partial charge in [0.15, 0.2) is 0 Å². The molecule has 0 aliphatic rings. The van der Waals surface area contributed by atoms with Gasteiger partial charge in [0.05, 0.1) is 47.9 Å². The maximum atomic E-state index is 12.8. The minimum atomic E-state index is -3.79. The summed E-state index contributed by atoms with van der Waals surface area (Å²) in [5.74, 6) is 0.622. The van der Waals surface area contributed by atoms with Gasteiger partial charge in [-0.15, -0.1) is 21.5 Å². The zero-order valence-electron chi connectivity index (χ0n) is 15.6. The largest absolute Gasteiger partial charge is 0.420 e. The summed E-state index contributed by atoms with van der Waals surface area (Å²) >= 11 is 7.23. The van der Waals surface area contributed by atoms with E-state index in [0.717, 1.165) is 4.31 Å². The van der Waals surface area contributed by atoms with Crippen LogP contribution in [0.2, 0.25) is 5.02 Å². The molecule has 0 bridgehead atoms. The van der Waals surface area contributed by atoms with Crippen molar-refractivity contribution in [1.29, 1.82) is 5.26 Å². The molecule has 0 aliphatic heterocycles. The topological polar surface area (TPSA) is 126 Å². The third kappa shape index (κ3) is 5.09. The highest BCUT2D eigenvalue weighted by Gasteiger charge is 2.25. The fourth-order valence-electron chi connectivity index (χ4n) is 2.34. The summed E-state index contributed by atoms with van der Waals surface area (Å²) in [4.78, 5) is 8.89.